The molecule has 1 aromatic heterocycles. The first-order valence-electron chi connectivity index (χ1n) is 7.69. The zero-order valence-corrected chi connectivity index (χ0v) is 13.9. The van der Waals surface area contributed by atoms with E-state index in [-0.39, 0.29) is 0 Å². The highest BCUT2D eigenvalue weighted by Gasteiger charge is 2.35. The van der Waals surface area contributed by atoms with Crippen molar-refractivity contribution in [1.29, 1.82) is 0 Å². The lowest BCUT2D eigenvalue weighted by atomic mass is 9.76. The van der Waals surface area contributed by atoms with Gasteiger partial charge in [0.05, 0.1) is 10.7 Å². The Bertz CT molecular complexity index is 422. The van der Waals surface area contributed by atoms with Gasteiger partial charge in [0.2, 0.25) is 0 Å². The standard InChI is InChI=1S/C16H28N2S/c1-6-8-17-12-9-16(4,5)10-13-14(12)19-15(18-13)11(3)7-2/h11-12,17H,6-10H2,1-5H3. The first-order valence-corrected chi connectivity index (χ1v) is 8.51. The molecule has 0 saturated carbocycles. The molecule has 0 bridgehead atoms. The Morgan fingerprint density at radius 2 is 2.16 bits per heavy atom. The van der Waals surface area contributed by atoms with Crippen LogP contribution in [0.5, 0.6) is 0 Å². The maximum atomic E-state index is 4.95. The van der Waals surface area contributed by atoms with Crippen molar-refractivity contribution in [1.82, 2.24) is 10.3 Å². The van der Waals surface area contributed by atoms with Gasteiger partial charge in [-0.25, -0.2) is 4.98 Å². The summed E-state index contributed by atoms with van der Waals surface area (Å²) >= 11 is 1.95. The molecule has 0 radical (unpaired) electrons. The fourth-order valence-corrected chi connectivity index (χ4v) is 4.11. The third kappa shape index (κ3) is 3.38. The lowest BCUT2D eigenvalue weighted by Gasteiger charge is -2.34. The summed E-state index contributed by atoms with van der Waals surface area (Å²) < 4.78 is 0. The first kappa shape index (κ1) is 15.0. The Morgan fingerprint density at radius 3 is 2.79 bits per heavy atom. The van der Waals surface area contributed by atoms with Crippen LogP contribution in [0.1, 0.15) is 81.4 Å². The third-order valence-electron chi connectivity index (χ3n) is 4.14. The molecule has 1 aliphatic carbocycles. The van der Waals surface area contributed by atoms with Crippen molar-refractivity contribution < 1.29 is 0 Å². The molecular formula is C16H28N2S. The molecule has 2 rings (SSSR count). The molecule has 0 amide bonds. The van der Waals surface area contributed by atoms with Crippen LogP contribution in [0.2, 0.25) is 0 Å². The summed E-state index contributed by atoms with van der Waals surface area (Å²) in [5.41, 5.74) is 1.74. The molecule has 2 nitrogen and oxygen atoms in total. The van der Waals surface area contributed by atoms with Crippen LogP contribution in [-0.2, 0) is 6.42 Å². The van der Waals surface area contributed by atoms with Gasteiger partial charge in [-0.15, -0.1) is 11.3 Å². The van der Waals surface area contributed by atoms with Crippen molar-refractivity contribution in [3.05, 3.63) is 15.6 Å². The minimum Gasteiger partial charge on any atom is -0.309 e. The monoisotopic (exact) mass is 280 g/mol. The summed E-state index contributed by atoms with van der Waals surface area (Å²) in [6.07, 6.45) is 4.76. The highest BCUT2D eigenvalue weighted by molar-refractivity contribution is 7.12. The number of fused-ring (bicyclic) bond motifs is 1. The molecule has 1 N–H and O–H groups in total. The van der Waals surface area contributed by atoms with Crippen LogP contribution in [0.15, 0.2) is 0 Å². The van der Waals surface area contributed by atoms with Crippen LogP contribution in [0.3, 0.4) is 0 Å². The number of nitrogens with zero attached hydrogens (tertiary/aromatic N) is 1. The maximum Gasteiger partial charge on any atom is 0.0959 e. The molecule has 2 atom stereocenters. The minimum atomic E-state index is 0.374. The van der Waals surface area contributed by atoms with E-state index in [0.717, 1.165) is 13.0 Å². The highest BCUT2D eigenvalue weighted by atomic mass is 32.1. The average molecular weight is 280 g/mol. The largest absolute Gasteiger partial charge is 0.309 e. The SMILES string of the molecule is CCCNC1CC(C)(C)Cc2nc(C(C)CC)sc21. The molecule has 3 heteroatoms. The fourth-order valence-electron chi connectivity index (χ4n) is 2.82. The molecule has 1 aliphatic rings. The Labute approximate surface area is 122 Å². The Kier molecular flexibility index (Phi) is 4.67. The smallest absolute Gasteiger partial charge is 0.0959 e. The molecule has 19 heavy (non-hydrogen) atoms. The van der Waals surface area contributed by atoms with Crippen molar-refractivity contribution >= 4 is 11.3 Å². The van der Waals surface area contributed by atoms with Gasteiger partial charge in [0.25, 0.3) is 0 Å². The molecule has 0 fully saturated rings. The molecule has 0 spiro atoms. The van der Waals surface area contributed by atoms with Crippen LogP contribution in [0.4, 0.5) is 0 Å². The Morgan fingerprint density at radius 1 is 1.42 bits per heavy atom. The first-order chi connectivity index (χ1) is 8.96. The summed E-state index contributed by atoms with van der Waals surface area (Å²) in [5.74, 6) is 0.602. The highest BCUT2D eigenvalue weighted by Crippen LogP contribution is 2.44. The normalized spacial score (nSPS) is 23.1. The van der Waals surface area contributed by atoms with Crippen LogP contribution < -0.4 is 5.32 Å². The van der Waals surface area contributed by atoms with E-state index < -0.39 is 0 Å². The van der Waals surface area contributed by atoms with Crippen LogP contribution >= 0.6 is 11.3 Å². The van der Waals surface area contributed by atoms with Crippen molar-refractivity contribution in [3.63, 3.8) is 0 Å². The van der Waals surface area contributed by atoms with Crippen LogP contribution in [-0.4, -0.2) is 11.5 Å². The summed E-state index contributed by atoms with van der Waals surface area (Å²) in [6.45, 7) is 12.6. The van der Waals surface area contributed by atoms with E-state index >= 15 is 0 Å². The van der Waals surface area contributed by atoms with Gasteiger partial charge >= 0.3 is 0 Å². The van der Waals surface area contributed by atoms with Crippen molar-refractivity contribution in [2.24, 2.45) is 5.41 Å². The predicted octanol–water partition coefficient (Wildman–Crippen LogP) is 4.67. The molecule has 2 unspecified atom stereocenters. The third-order valence-corrected chi connectivity index (χ3v) is 5.58. The molecule has 1 heterocycles. The van der Waals surface area contributed by atoms with E-state index in [0.29, 0.717) is 17.4 Å². The zero-order valence-electron chi connectivity index (χ0n) is 13.0. The van der Waals surface area contributed by atoms with Gasteiger partial charge < -0.3 is 5.32 Å². The van der Waals surface area contributed by atoms with Gasteiger partial charge in [-0.2, -0.15) is 0 Å². The minimum absolute atomic E-state index is 0.374. The summed E-state index contributed by atoms with van der Waals surface area (Å²) in [6, 6.07) is 0.522. The van der Waals surface area contributed by atoms with Gasteiger partial charge in [-0.1, -0.05) is 34.6 Å². The second-order valence-electron chi connectivity index (χ2n) is 6.72. The second-order valence-corrected chi connectivity index (χ2v) is 7.79. The molecule has 0 aliphatic heterocycles. The quantitative estimate of drug-likeness (QED) is 0.848. The van der Waals surface area contributed by atoms with E-state index in [1.807, 2.05) is 11.3 Å². The van der Waals surface area contributed by atoms with Crippen LogP contribution in [0, 0.1) is 5.41 Å². The number of hydrogen-bond donors (Lipinski definition) is 1. The molecular weight excluding hydrogens is 252 g/mol. The van der Waals surface area contributed by atoms with E-state index in [2.05, 4.69) is 39.9 Å². The van der Waals surface area contributed by atoms with E-state index in [1.54, 1.807) is 0 Å². The molecule has 0 saturated heterocycles. The number of nitrogens with one attached hydrogen (secondary N) is 1. The van der Waals surface area contributed by atoms with Gasteiger partial charge in [0.15, 0.2) is 0 Å². The van der Waals surface area contributed by atoms with Crippen molar-refractivity contribution in [2.45, 2.75) is 72.3 Å². The molecule has 108 valence electrons. The lowest BCUT2D eigenvalue weighted by molar-refractivity contribution is 0.258. The van der Waals surface area contributed by atoms with E-state index in [4.69, 9.17) is 4.98 Å². The fraction of sp³-hybridized carbons (Fsp3) is 0.812. The molecule has 0 aromatic carbocycles. The second kappa shape index (κ2) is 5.92. The van der Waals surface area contributed by atoms with Crippen molar-refractivity contribution in [3.8, 4) is 0 Å². The van der Waals surface area contributed by atoms with Gasteiger partial charge in [-0.05, 0) is 37.6 Å². The van der Waals surface area contributed by atoms with E-state index in [9.17, 15) is 0 Å². The topological polar surface area (TPSA) is 24.9 Å². The van der Waals surface area contributed by atoms with Gasteiger partial charge in [-0.3, -0.25) is 0 Å². The maximum absolute atomic E-state index is 4.95. The van der Waals surface area contributed by atoms with Gasteiger partial charge in [0, 0.05) is 16.8 Å². The van der Waals surface area contributed by atoms with Crippen molar-refractivity contribution in [2.75, 3.05) is 6.54 Å². The van der Waals surface area contributed by atoms with E-state index in [1.165, 1.54) is 34.8 Å². The number of rotatable bonds is 5. The lowest BCUT2D eigenvalue weighted by Crippen LogP contribution is -2.33. The predicted molar refractivity (Wildman–Crippen MR) is 84.0 cm³/mol. The zero-order chi connectivity index (χ0) is 14.0. The molecule has 1 aromatic rings. The van der Waals surface area contributed by atoms with Gasteiger partial charge in [0.1, 0.15) is 0 Å². The van der Waals surface area contributed by atoms with Crippen LogP contribution in [0.25, 0.3) is 0 Å². The Balaban J connectivity index is 2.27. The number of thiazole rings is 1. The summed E-state index contributed by atoms with van der Waals surface area (Å²) in [7, 11) is 0. The number of aromatic nitrogens is 1. The Hall–Kier alpha value is -0.410. The summed E-state index contributed by atoms with van der Waals surface area (Å²) in [5, 5.41) is 5.06. The summed E-state index contributed by atoms with van der Waals surface area (Å²) in [4.78, 5) is 6.47. The number of hydrogen-bond acceptors (Lipinski definition) is 3. The average Bonchev–Trinajstić information content (AvgIpc) is 2.77.